The van der Waals surface area contributed by atoms with Gasteiger partial charge in [-0.25, -0.2) is 4.79 Å². The van der Waals surface area contributed by atoms with Crippen LogP contribution in [-0.4, -0.2) is 65.3 Å². The van der Waals surface area contributed by atoms with Gasteiger partial charge in [0.25, 0.3) is 0 Å². The molecule has 0 aromatic carbocycles. The minimum Gasteiger partial charge on any atom is -0.395 e. The normalized spacial score (nSPS) is 27.6. The Morgan fingerprint density at radius 2 is 1.86 bits per heavy atom. The van der Waals surface area contributed by atoms with Crippen LogP contribution >= 0.6 is 0 Å². The van der Waals surface area contributed by atoms with E-state index in [9.17, 15) is 4.79 Å². The highest BCUT2D eigenvalue weighted by Crippen LogP contribution is 2.27. The van der Waals surface area contributed by atoms with Crippen LogP contribution < -0.4 is 5.32 Å². The Kier molecular flexibility index (Phi) is 5.58. The molecule has 5 heteroatoms. The fourth-order valence-electron chi connectivity index (χ4n) is 4.10. The van der Waals surface area contributed by atoms with Crippen molar-refractivity contribution in [2.75, 3.05) is 26.2 Å². The Hall–Kier alpha value is -0.810. The number of aliphatic hydroxyl groups excluding tert-OH is 1. The number of hydrogen-bond donors (Lipinski definition) is 2. The van der Waals surface area contributed by atoms with Crippen molar-refractivity contribution in [2.45, 2.75) is 75.9 Å². The summed E-state index contributed by atoms with van der Waals surface area (Å²) < 4.78 is 0. The summed E-state index contributed by atoms with van der Waals surface area (Å²) in [7, 11) is 0. The van der Waals surface area contributed by atoms with Crippen molar-refractivity contribution in [3.63, 3.8) is 0 Å². The molecule has 3 fully saturated rings. The van der Waals surface area contributed by atoms with E-state index in [0.717, 1.165) is 31.8 Å². The average molecular weight is 309 g/mol. The fraction of sp³-hybridized carbons (Fsp3) is 0.941. The van der Waals surface area contributed by atoms with Crippen LogP contribution in [0, 0.1) is 0 Å². The van der Waals surface area contributed by atoms with Crippen molar-refractivity contribution >= 4 is 6.03 Å². The first kappa shape index (κ1) is 16.1. The quantitative estimate of drug-likeness (QED) is 0.816. The molecule has 3 rings (SSSR count). The zero-order valence-electron chi connectivity index (χ0n) is 13.7. The van der Waals surface area contributed by atoms with Gasteiger partial charge in [0, 0.05) is 31.2 Å². The largest absolute Gasteiger partial charge is 0.395 e. The van der Waals surface area contributed by atoms with E-state index >= 15 is 0 Å². The number of aliphatic hydroxyl groups is 1. The van der Waals surface area contributed by atoms with Crippen LogP contribution in [0.2, 0.25) is 0 Å². The lowest BCUT2D eigenvalue weighted by Crippen LogP contribution is -2.54. The summed E-state index contributed by atoms with van der Waals surface area (Å²) in [6.45, 7) is 2.73. The van der Waals surface area contributed by atoms with Gasteiger partial charge in [-0.3, -0.25) is 4.90 Å². The Morgan fingerprint density at radius 1 is 1.09 bits per heavy atom. The number of carbonyl (C=O) groups excluding carboxylic acids is 1. The Balaban J connectivity index is 1.49. The molecule has 1 heterocycles. The van der Waals surface area contributed by atoms with E-state index in [0.29, 0.717) is 12.6 Å². The van der Waals surface area contributed by atoms with Crippen LogP contribution in [0.15, 0.2) is 0 Å². The van der Waals surface area contributed by atoms with Crippen LogP contribution in [0.4, 0.5) is 4.79 Å². The number of nitrogens with zero attached hydrogens (tertiary/aromatic N) is 2. The number of carbonyl (C=O) groups is 1. The van der Waals surface area contributed by atoms with Crippen LogP contribution in [0.1, 0.15) is 57.8 Å². The first-order valence-electron chi connectivity index (χ1n) is 9.20. The van der Waals surface area contributed by atoms with Gasteiger partial charge >= 0.3 is 6.03 Å². The number of urea groups is 1. The van der Waals surface area contributed by atoms with E-state index in [1.807, 2.05) is 4.90 Å². The molecule has 5 nitrogen and oxygen atoms in total. The van der Waals surface area contributed by atoms with Crippen LogP contribution in [0.5, 0.6) is 0 Å². The van der Waals surface area contributed by atoms with Gasteiger partial charge in [0.1, 0.15) is 0 Å². The van der Waals surface area contributed by atoms with Crippen molar-refractivity contribution in [3.05, 3.63) is 0 Å². The van der Waals surface area contributed by atoms with Crippen LogP contribution in [0.3, 0.4) is 0 Å². The lowest BCUT2D eigenvalue weighted by atomic mass is 9.92. The average Bonchev–Trinajstić information content (AvgIpc) is 3.38. The molecule has 1 atom stereocenters. The highest BCUT2D eigenvalue weighted by Gasteiger charge is 2.34. The van der Waals surface area contributed by atoms with E-state index in [1.54, 1.807) is 0 Å². The maximum absolute atomic E-state index is 12.5. The van der Waals surface area contributed by atoms with Gasteiger partial charge in [0.05, 0.1) is 6.61 Å². The molecule has 1 saturated heterocycles. The predicted molar refractivity (Wildman–Crippen MR) is 86.8 cm³/mol. The van der Waals surface area contributed by atoms with Crippen LogP contribution in [0.25, 0.3) is 0 Å². The van der Waals surface area contributed by atoms with Gasteiger partial charge in [-0.2, -0.15) is 0 Å². The molecule has 2 N–H and O–H groups in total. The van der Waals surface area contributed by atoms with Crippen molar-refractivity contribution in [3.8, 4) is 0 Å². The highest BCUT2D eigenvalue weighted by atomic mass is 16.3. The molecular weight excluding hydrogens is 278 g/mol. The second-order valence-corrected chi connectivity index (χ2v) is 7.22. The first-order chi connectivity index (χ1) is 10.8. The van der Waals surface area contributed by atoms with Crippen molar-refractivity contribution < 1.29 is 9.90 Å². The Bertz CT molecular complexity index is 367. The molecule has 2 aliphatic carbocycles. The van der Waals surface area contributed by atoms with Gasteiger partial charge in [0.2, 0.25) is 0 Å². The highest BCUT2D eigenvalue weighted by molar-refractivity contribution is 5.75. The summed E-state index contributed by atoms with van der Waals surface area (Å²) in [6.07, 6.45) is 11.2. The molecule has 126 valence electrons. The molecule has 3 aliphatic rings. The van der Waals surface area contributed by atoms with Gasteiger partial charge < -0.3 is 15.3 Å². The summed E-state index contributed by atoms with van der Waals surface area (Å²) in [5.41, 5.74) is 0. The standard InChI is InChI=1S/C17H31N3O2/c21-12-11-20(16-8-9-16)17(22)18-14-5-4-10-19(13-14)15-6-2-1-3-7-15/h14-16,21H,1-13H2,(H,18,22). The third-order valence-electron chi connectivity index (χ3n) is 5.46. The van der Waals surface area contributed by atoms with E-state index in [2.05, 4.69) is 10.2 Å². The summed E-state index contributed by atoms with van der Waals surface area (Å²) in [4.78, 5) is 16.9. The van der Waals surface area contributed by atoms with Crippen molar-refractivity contribution in [1.82, 2.24) is 15.1 Å². The summed E-state index contributed by atoms with van der Waals surface area (Å²) in [5, 5.41) is 12.4. The number of amides is 2. The monoisotopic (exact) mass is 309 g/mol. The molecule has 22 heavy (non-hydrogen) atoms. The molecule has 0 bridgehead atoms. The number of likely N-dealkylation sites (tertiary alicyclic amines) is 1. The molecule has 2 saturated carbocycles. The minimum absolute atomic E-state index is 0.0343. The Morgan fingerprint density at radius 3 is 2.55 bits per heavy atom. The molecule has 0 aromatic rings. The van der Waals surface area contributed by atoms with Gasteiger partial charge in [0.15, 0.2) is 0 Å². The number of rotatable bonds is 5. The lowest BCUT2D eigenvalue weighted by molar-refractivity contribution is 0.107. The summed E-state index contributed by atoms with van der Waals surface area (Å²) >= 11 is 0. The topological polar surface area (TPSA) is 55.8 Å². The third-order valence-corrected chi connectivity index (χ3v) is 5.46. The summed E-state index contributed by atoms with van der Waals surface area (Å²) in [6, 6.07) is 1.42. The van der Waals surface area contributed by atoms with Gasteiger partial charge in [-0.05, 0) is 45.1 Å². The second-order valence-electron chi connectivity index (χ2n) is 7.22. The van der Waals surface area contributed by atoms with Gasteiger partial charge in [-0.15, -0.1) is 0 Å². The van der Waals surface area contributed by atoms with E-state index in [4.69, 9.17) is 5.11 Å². The van der Waals surface area contributed by atoms with Gasteiger partial charge in [-0.1, -0.05) is 19.3 Å². The molecule has 0 radical (unpaired) electrons. The Labute approximate surface area is 134 Å². The van der Waals surface area contributed by atoms with E-state index < -0.39 is 0 Å². The molecule has 1 aliphatic heterocycles. The number of hydrogen-bond acceptors (Lipinski definition) is 3. The maximum atomic E-state index is 12.5. The lowest BCUT2D eigenvalue weighted by Gasteiger charge is -2.40. The molecular formula is C17H31N3O2. The third kappa shape index (κ3) is 4.13. The zero-order chi connectivity index (χ0) is 15.4. The summed E-state index contributed by atoms with van der Waals surface area (Å²) in [5.74, 6) is 0. The molecule has 0 aromatic heterocycles. The number of nitrogens with one attached hydrogen (secondary N) is 1. The van der Waals surface area contributed by atoms with Crippen molar-refractivity contribution in [2.24, 2.45) is 0 Å². The molecule has 1 unspecified atom stereocenters. The SMILES string of the molecule is O=C(NC1CCCN(C2CCCCC2)C1)N(CCO)C1CC1. The molecule has 0 spiro atoms. The molecule has 2 amide bonds. The zero-order valence-corrected chi connectivity index (χ0v) is 13.7. The van der Waals surface area contributed by atoms with Crippen LogP contribution in [-0.2, 0) is 0 Å². The first-order valence-corrected chi connectivity index (χ1v) is 9.20. The van der Waals surface area contributed by atoms with Crippen molar-refractivity contribution in [1.29, 1.82) is 0 Å². The maximum Gasteiger partial charge on any atom is 0.317 e. The van der Waals surface area contributed by atoms with E-state index in [-0.39, 0.29) is 18.7 Å². The smallest absolute Gasteiger partial charge is 0.317 e. The van der Waals surface area contributed by atoms with E-state index in [1.165, 1.54) is 45.1 Å². The number of piperidine rings is 1. The fourth-order valence-corrected chi connectivity index (χ4v) is 4.10. The second kappa shape index (κ2) is 7.64. The minimum atomic E-state index is 0.0343. The predicted octanol–water partition coefficient (Wildman–Crippen LogP) is 1.95.